The molecule has 0 radical (unpaired) electrons. The lowest BCUT2D eigenvalue weighted by atomic mass is 9.99. The van der Waals surface area contributed by atoms with E-state index in [0.717, 1.165) is 18.8 Å². The summed E-state index contributed by atoms with van der Waals surface area (Å²) in [4.78, 5) is 12.2. The van der Waals surface area contributed by atoms with Crippen LogP contribution in [-0.4, -0.2) is 70.8 Å². The van der Waals surface area contributed by atoms with Gasteiger partial charge in [-0.25, -0.2) is 0 Å². The van der Waals surface area contributed by atoms with Gasteiger partial charge >= 0.3 is 5.97 Å². The van der Waals surface area contributed by atoms with Crippen molar-refractivity contribution < 1.29 is 25.2 Å². The first-order valence-corrected chi connectivity index (χ1v) is 13.8. The molecule has 1 unspecified atom stereocenters. The Kier molecular flexibility index (Phi) is 30.7. The number of rotatable bonds is 24. The van der Waals surface area contributed by atoms with E-state index in [1.807, 2.05) is 0 Å². The molecule has 4 N–H and O–H groups in total. The van der Waals surface area contributed by atoms with Crippen LogP contribution in [0.2, 0.25) is 0 Å². The first-order valence-electron chi connectivity index (χ1n) is 13.8. The highest BCUT2D eigenvalue weighted by atomic mass is 16.4. The number of hydrogen-bond donors (Lipinski definition) is 4. The highest BCUT2D eigenvalue weighted by Gasteiger charge is 2.01. The maximum Gasteiger partial charge on any atom is 0.303 e. The number of aliphatic hydroxyl groups is 3. The van der Waals surface area contributed by atoms with Crippen molar-refractivity contribution in [3.63, 3.8) is 0 Å². The molecule has 0 aromatic heterocycles. The van der Waals surface area contributed by atoms with Crippen molar-refractivity contribution in [2.45, 2.75) is 123 Å². The van der Waals surface area contributed by atoms with E-state index in [-0.39, 0.29) is 19.8 Å². The molecule has 33 heavy (non-hydrogen) atoms. The minimum Gasteiger partial charge on any atom is -0.481 e. The Morgan fingerprint density at radius 2 is 0.970 bits per heavy atom. The summed E-state index contributed by atoms with van der Waals surface area (Å²) in [6.07, 6.45) is 21.6. The summed E-state index contributed by atoms with van der Waals surface area (Å²) in [5, 5.41) is 34.0. The number of aliphatic hydroxyl groups excluding tert-OH is 3. The van der Waals surface area contributed by atoms with Gasteiger partial charge in [-0.15, -0.1) is 0 Å². The molecule has 0 fully saturated rings. The molecule has 0 aliphatic heterocycles. The van der Waals surface area contributed by atoms with E-state index in [4.69, 9.17) is 20.4 Å². The Bertz CT molecular complexity index is 367. The summed E-state index contributed by atoms with van der Waals surface area (Å²) >= 11 is 0. The van der Waals surface area contributed by atoms with E-state index < -0.39 is 5.97 Å². The fourth-order valence-electron chi connectivity index (χ4n) is 3.85. The monoisotopic (exact) mass is 475 g/mol. The van der Waals surface area contributed by atoms with Crippen LogP contribution in [0.25, 0.3) is 0 Å². The first kappa shape index (κ1) is 34.5. The predicted molar refractivity (Wildman–Crippen MR) is 139 cm³/mol. The van der Waals surface area contributed by atoms with Crippen molar-refractivity contribution in [3.8, 4) is 0 Å². The largest absolute Gasteiger partial charge is 0.481 e. The smallest absolute Gasteiger partial charge is 0.303 e. The van der Waals surface area contributed by atoms with Crippen LogP contribution >= 0.6 is 0 Å². The predicted octanol–water partition coefficient (Wildman–Crippen LogP) is 5.62. The van der Waals surface area contributed by atoms with E-state index in [9.17, 15) is 4.79 Å². The molecular weight excluding hydrogens is 418 g/mol. The molecule has 0 aliphatic carbocycles. The minimum absolute atomic E-state index is 0.0694. The van der Waals surface area contributed by atoms with Gasteiger partial charge in [-0.2, -0.15) is 0 Å². The van der Waals surface area contributed by atoms with Crippen LogP contribution in [0.3, 0.4) is 0 Å². The Balaban J connectivity index is 0. The molecule has 0 aromatic rings. The average Bonchev–Trinajstić information content (AvgIpc) is 2.79. The summed E-state index contributed by atoms with van der Waals surface area (Å²) in [5.74, 6) is 0.271. The fraction of sp³-hybridized carbons (Fsp3) is 0.963. The van der Waals surface area contributed by atoms with Gasteiger partial charge in [0.1, 0.15) is 0 Å². The molecule has 1 atom stereocenters. The number of carboxylic acids is 1. The summed E-state index contributed by atoms with van der Waals surface area (Å²) < 4.78 is 0. The molecule has 6 nitrogen and oxygen atoms in total. The molecule has 6 heteroatoms. The Morgan fingerprint density at radius 1 is 0.636 bits per heavy atom. The minimum atomic E-state index is -0.652. The highest BCUT2D eigenvalue weighted by molar-refractivity contribution is 5.66. The molecule has 200 valence electrons. The van der Waals surface area contributed by atoms with Gasteiger partial charge in [0, 0.05) is 26.1 Å². The van der Waals surface area contributed by atoms with E-state index in [0.29, 0.717) is 26.1 Å². The van der Waals surface area contributed by atoms with Crippen molar-refractivity contribution in [1.82, 2.24) is 4.90 Å². The van der Waals surface area contributed by atoms with Gasteiger partial charge in [0.15, 0.2) is 0 Å². The van der Waals surface area contributed by atoms with E-state index in [2.05, 4.69) is 13.8 Å². The third-order valence-electron chi connectivity index (χ3n) is 6.28. The Hall–Kier alpha value is -0.690. The van der Waals surface area contributed by atoms with E-state index >= 15 is 0 Å². The molecule has 0 aromatic carbocycles. The van der Waals surface area contributed by atoms with Crippen molar-refractivity contribution in [1.29, 1.82) is 0 Å². The fourth-order valence-corrected chi connectivity index (χ4v) is 3.85. The molecule has 0 bridgehead atoms. The SMILES string of the molecule is CCC(C)CCCCCCCCCCCCCCCCC(=O)O.OCCN(CCO)CCO. The summed E-state index contributed by atoms with van der Waals surface area (Å²) in [5.41, 5.74) is 0. The number of unbranched alkanes of at least 4 members (excludes halogenated alkanes) is 13. The number of nitrogens with zero attached hydrogens (tertiary/aromatic N) is 1. The zero-order chi connectivity index (χ0) is 25.0. The second-order valence-corrected chi connectivity index (χ2v) is 9.41. The standard InChI is InChI=1S/C21H42O2.C6H15NO3/c1-3-20(2)18-16-14-12-10-8-6-4-5-7-9-11-13-15-17-19-21(22)23;8-4-1-7(2-5-9)3-6-10/h20H,3-19H2,1-2H3,(H,22,23);8-10H,1-6H2. The van der Waals surface area contributed by atoms with Crippen LogP contribution in [-0.2, 0) is 4.79 Å². The van der Waals surface area contributed by atoms with E-state index in [1.54, 1.807) is 4.90 Å². The van der Waals surface area contributed by atoms with Gasteiger partial charge in [-0.05, 0) is 12.3 Å². The number of hydrogen-bond acceptors (Lipinski definition) is 5. The number of carbonyl (C=O) groups is 1. The highest BCUT2D eigenvalue weighted by Crippen LogP contribution is 2.16. The maximum absolute atomic E-state index is 10.4. The van der Waals surface area contributed by atoms with Gasteiger partial charge in [0.05, 0.1) is 19.8 Å². The zero-order valence-corrected chi connectivity index (χ0v) is 22.0. The molecular formula is C27H57NO5. The summed E-state index contributed by atoms with van der Waals surface area (Å²) in [7, 11) is 0. The normalized spacial score (nSPS) is 11.9. The van der Waals surface area contributed by atoms with Crippen molar-refractivity contribution >= 4 is 5.97 Å². The maximum atomic E-state index is 10.4. The molecule has 0 aliphatic rings. The van der Waals surface area contributed by atoms with Crippen molar-refractivity contribution in [2.24, 2.45) is 5.92 Å². The molecule has 0 saturated carbocycles. The lowest BCUT2D eigenvalue weighted by Gasteiger charge is -2.17. The quantitative estimate of drug-likeness (QED) is 0.135. The second kappa shape index (κ2) is 29.3. The van der Waals surface area contributed by atoms with Gasteiger partial charge in [0.2, 0.25) is 0 Å². The molecule has 0 spiro atoms. The number of aliphatic carboxylic acids is 1. The Morgan fingerprint density at radius 3 is 1.27 bits per heavy atom. The van der Waals surface area contributed by atoms with Gasteiger partial charge < -0.3 is 20.4 Å². The topological polar surface area (TPSA) is 101 Å². The average molecular weight is 476 g/mol. The zero-order valence-electron chi connectivity index (χ0n) is 22.0. The van der Waals surface area contributed by atoms with Crippen LogP contribution in [0.5, 0.6) is 0 Å². The molecule has 0 heterocycles. The lowest BCUT2D eigenvalue weighted by Crippen LogP contribution is -2.32. The molecule has 0 rings (SSSR count). The second-order valence-electron chi connectivity index (χ2n) is 9.41. The van der Waals surface area contributed by atoms with Gasteiger partial charge in [-0.1, -0.05) is 110 Å². The lowest BCUT2D eigenvalue weighted by molar-refractivity contribution is -0.137. The van der Waals surface area contributed by atoms with Crippen molar-refractivity contribution in [3.05, 3.63) is 0 Å². The number of carboxylic acid groups (broad SMARTS) is 1. The summed E-state index contributed by atoms with van der Waals surface area (Å²) in [6.45, 7) is 6.42. The van der Waals surface area contributed by atoms with Gasteiger partial charge in [-0.3, -0.25) is 9.69 Å². The molecule has 0 saturated heterocycles. The van der Waals surface area contributed by atoms with Crippen LogP contribution < -0.4 is 0 Å². The third-order valence-corrected chi connectivity index (χ3v) is 6.28. The van der Waals surface area contributed by atoms with Crippen LogP contribution in [0.15, 0.2) is 0 Å². The van der Waals surface area contributed by atoms with Gasteiger partial charge in [0.25, 0.3) is 0 Å². The Labute approximate surface area is 204 Å². The van der Waals surface area contributed by atoms with Crippen LogP contribution in [0.4, 0.5) is 0 Å². The third kappa shape index (κ3) is 31.3. The van der Waals surface area contributed by atoms with Crippen LogP contribution in [0, 0.1) is 5.92 Å². The van der Waals surface area contributed by atoms with Crippen LogP contribution in [0.1, 0.15) is 123 Å². The summed E-state index contributed by atoms with van der Waals surface area (Å²) in [6, 6.07) is 0. The first-order chi connectivity index (χ1) is 16.0. The van der Waals surface area contributed by atoms with Crippen molar-refractivity contribution in [2.75, 3.05) is 39.5 Å². The van der Waals surface area contributed by atoms with E-state index in [1.165, 1.54) is 89.9 Å². The molecule has 0 amide bonds.